The number of carbonyl (C=O) groups is 2. The molecule has 1 aliphatic heterocycles. The number of nitrogens with two attached hydrogens (primary N) is 1. The second kappa shape index (κ2) is 6.69. The van der Waals surface area contributed by atoms with Crippen molar-refractivity contribution in [1.29, 1.82) is 0 Å². The summed E-state index contributed by atoms with van der Waals surface area (Å²) in [6.07, 6.45) is -0.396. The van der Waals surface area contributed by atoms with Gasteiger partial charge in [0.15, 0.2) is 0 Å². The third kappa shape index (κ3) is 4.66. The predicted molar refractivity (Wildman–Crippen MR) is 75.7 cm³/mol. The van der Waals surface area contributed by atoms with Gasteiger partial charge in [-0.3, -0.25) is 14.9 Å². The van der Waals surface area contributed by atoms with Crippen LogP contribution in [0, 0.1) is 0 Å². The van der Waals surface area contributed by atoms with Crippen LogP contribution < -0.4 is 21.1 Å². The molecule has 120 valence electrons. The van der Waals surface area contributed by atoms with Gasteiger partial charge < -0.3 is 15.8 Å². The summed E-state index contributed by atoms with van der Waals surface area (Å²) >= 11 is 0. The molecule has 6 nitrogen and oxygen atoms in total. The van der Waals surface area contributed by atoms with E-state index in [1.54, 1.807) is 24.3 Å². The van der Waals surface area contributed by atoms with Gasteiger partial charge in [-0.2, -0.15) is 0 Å². The molecule has 1 heterocycles. The van der Waals surface area contributed by atoms with E-state index in [0.717, 1.165) is 0 Å². The zero-order valence-electron chi connectivity index (χ0n) is 11.8. The summed E-state index contributed by atoms with van der Waals surface area (Å²) in [6.45, 7) is -0.320. The van der Waals surface area contributed by atoms with Gasteiger partial charge in [-0.1, -0.05) is 0 Å². The number of primary amides is 1. The smallest absolute Gasteiger partial charge is 0.262 e. The summed E-state index contributed by atoms with van der Waals surface area (Å²) in [5.41, 5.74) is 5.46. The molecule has 1 atom stereocenters. The predicted octanol–water partition coefficient (Wildman–Crippen LogP) is 0.876. The molecule has 8 heteroatoms. The van der Waals surface area contributed by atoms with Crippen LogP contribution >= 0.6 is 0 Å². The Bertz CT molecular complexity index is 549. The molecule has 1 fully saturated rings. The molecular formula is C14H17F2N3O3. The summed E-state index contributed by atoms with van der Waals surface area (Å²) in [7, 11) is 0. The maximum atomic E-state index is 13.0. The first-order valence-corrected chi connectivity index (χ1v) is 6.79. The van der Waals surface area contributed by atoms with Gasteiger partial charge in [-0.05, 0) is 24.3 Å². The van der Waals surface area contributed by atoms with Crippen LogP contribution in [0.15, 0.2) is 24.3 Å². The van der Waals surface area contributed by atoms with Gasteiger partial charge in [0.1, 0.15) is 5.75 Å². The van der Waals surface area contributed by atoms with Crippen LogP contribution in [-0.4, -0.2) is 36.9 Å². The number of benzene rings is 1. The second-order valence-corrected chi connectivity index (χ2v) is 5.07. The van der Waals surface area contributed by atoms with Crippen LogP contribution in [0.1, 0.15) is 12.8 Å². The average Bonchev–Trinajstić information content (AvgIpc) is 2.81. The van der Waals surface area contributed by atoms with Gasteiger partial charge in [0.25, 0.3) is 5.92 Å². The van der Waals surface area contributed by atoms with Crippen molar-refractivity contribution in [1.82, 2.24) is 5.32 Å². The SMILES string of the molecule is NC(=O)CCOc1ccc(NC(=O)C2CC(F)(F)CN2)cc1. The molecule has 0 aliphatic carbocycles. The molecule has 1 unspecified atom stereocenters. The van der Waals surface area contributed by atoms with Crippen LogP contribution in [0.4, 0.5) is 14.5 Å². The first-order chi connectivity index (χ1) is 10.4. The fraction of sp³-hybridized carbons (Fsp3) is 0.429. The number of anilines is 1. The Morgan fingerprint density at radius 1 is 1.36 bits per heavy atom. The molecule has 2 rings (SSSR count). The quantitative estimate of drug-likeness (QED) is 0.726. The van der Waals surface area contributed by atoms with Crippen molar-refractivity contribution in [3.8, 4) is 5.75 Å². The standard InChI is InChI=1S/C14H17F2N3O3/c15-14(16)7-11(18-8-14)13(21)19-9-1-3-10(4-2-9)22-6-5-12(17)20/h1-4,11,18H,5-8H2,(H2,17,20)(H,19,21). The van der Waals surface area contributed by atoms with Crippen LogP contribution in [0.25, 0.3) is 0 Å². The van der Waals surface area contributed by atoms with Crippen molar-refractivity contribution >= 4 is 17.5 Å². The molecule has 4 N–H and O–H groups in total. The van der Waals surface area contributed by atoms with Crippen LogP contribution in [-0.2, 0) is 9.59 Å². The van der Waals surface area contributed by atoms with Gasteiger partial charge in [0.05, 0.1) is 25.6 Å². The number of alkyl halides is 2. The van der Waals surface area contributed by atoms with Crippen LogP contribution in [0.2, 0.25) is 0 Å². The van der Waals surface area contributed by atoms with Gasteiger partial charge in [-0.15, -0.1) is 0 Å². The zero-order valence-corrected chi connectivity index (χ0v) is 11.8. The van der Waals surface area contributed by atoms with Gasteiger partial charge >= 0.3 is 0 Å². The topological polar surface area (TPSA) is 93.5 Å². The van der Waals surface area contributed by atoms with Crippen LogP contribution in [0.5, 0.6) is 5.75 Å². The lowest BCUT2D eigenvalue weighted by Gasteiger charge is -2.12. The molecule has 0 saturated carbocycles. The lowest BCUT2D eigenvalue weighted by Crippen LogP contribution is -2.35. The van der Waals surface area contributed by atoms with Crippen molar-refractivity contribution in [2.75, 3.05) is 18.5 Å². The van der Waals surface area contributed by atoms with E-state index in [1.165, 1.54) is 0 Å². The summed E-state index contributed by atoms with van der Waals surface area (Å²) in [5, 5.41) is 5.04. The monoisotopic (exact) mass is 313 g/mol. The normalized spacial score (nSPS) is 19.6. The lowest BCUT2D eigenvalue weighted by molar-refractivity contribution is -0.119. The second-order valence-electron chi connectivity index (χ2n) is 5.07. The third-order valence-electron chi connectivity index (χ3n) is 3.17. The van der Waals surface area contributed by atoms with Crippen LogP contribution in [0.3, 0.4) is 0 Å². The van der Waals surface area contributed by atoms with Crippen molar-refractivity contribution in [3.05, 3.63) is 24.3 Å². The Morgan fingerprint density at radius 2 is 2.05 bits per heavy atom. The lowest BCUT2D eigenvalue weighted by atomic mass is 10.2. The van der Waals surface area contributed by atoms with E-state index >= 15 is 0 Å². The number of amides is 2. The Labute approximate surface area is 126 Å². The minimum absolute atomic E-state index is 0.111. The molecule has 1 aromatic carbocycles. The molecule has 0 spiro atoms. The maximum absolute atomic E-state index is 13.0. The number of halogens is 2. The van der Waals surface area contributed by atoms with E-state index in [9.17, 15) is 18.4 Å². The number of hydrogen-bond donors (Lipinski definition) is 3. The molecule has 1 aliphatic rings. The number of carbonyl (C=O) groups excluding carboxylic acids is 2. The maximum Gasteiger partial charge on any atom is 0.262 e. The van der Waals surface area contributed by atoms with Gasteiger partial charge in [-0.25, -0.2) is 8.78 Å². The fourth-order valence-corrected chi connectivity index (χ4v) is 2.03. The van der Waals surface area contributed by atoms with Crippen molar-refractivity contribution in [2.24, 2.45) is 5.73 Å². The first kappa shape index (κ1) is 16.2. The Kier molecular flexibility index (Phi) is 4.92. The fourth-order valence-electron chi connectivity index (χ4n) is 2.03. The molecule has 0 aromatic heterocycles. The number of ether oxygens (including phenoxy) is 1. The molecule has 22 heavy (non-hydrogen) atoms. The van der Waals surface area contributed by atoms with Crippen molar-refractivity contribution < 1.29 is 23.1 Å². The molecule has 0 bridgehead atoms. The van der Waals surface area contributed by atoms with E-state index in [1.807, 2.05) is 0 Å². The molecular weight excluding hydrogens is 296 g/mol. The molecule has 1 saturated heterocycles. The van der Waals surface area contributed by atoms with E-state index in [0.29, 0.717) is 11.4 Å². The number of nitrogens with one attached hydrogen (secondary N) is 2. The highest BCUT2D eigenvalue weighted by atomic mass is 19.3. The van der Waals surface area contributed by atoms with E-state index in [4.69, 9.17) is 10.5 Å². The van der Waals surface area contributed by atoms with E-state index in [2.05, 4.69) is 10.6 Å². The minimum Gasteiger partial charge on any atom is -0.493 e. The van der Waals surface area contributed by atoms with Gasteiger partial charge in [0, 0.05) is 12.1 Å². The Hall–Kier alpha value is -2.22. The Balaban J connectivity index is 1.83. The first-order valence-electron chi connectivity index (χ1n) is 6.79. The molecule has 0 radical (unpaired) electrons. The molecule has 2 amide bonds. The summed E-state index contributed by atoms with van der Waals surface area (Å²) in [6, 6.07) is 5.48. The summed E-state index contributed by atoms with van der Waals surface area (Å²) in [5.74, 6) is -3.28. The summed E-state index contributed by atoms with van der Waals surface area (Å²) in [4.78, 5) is 22.4. The third-order valence-corrected chi connectivity index (χ3v) is 3.17. The number of rotatable bonds is 6. The number of hydrogen-bond acceptors (Lipinski definition) is 4. The van der Waals surface area contributed by atoms with Gasteiger partial charge in [0.2, 0.25) is 11.8 Å². The molecule has 1 aromatic rings. The van der Waals surface area contributed by atoms with Crippen molar-refractivity contribution in [3.63, 3.8) is 0 Å². The highest BCUT2D eigenvalue weighted by Gasteiger charge is 2.42. The summed E-state index contributed by atoms with van der Waals surface area (Å²) < 4.78 is 31.3. The minimum atomic E-state index is -2.85. The van der Waals surface area contributed by atoms with E-state index < -0.39 is 36.7 Å². The van der Waals surface area contributed by atoms with E-state index in [-0.39, 0.29) is 13.0 Å². The Morgan fingerprint density at radius 3 is 2.59 bits per heavy atom. The van der Waals surface area contributed by atoms with Crippen molar-refractivity contribution in [2.45, 2.75) is 24.8 Å². The highest BCUT2D eigenvalue weighted by molar-refractivity contribution is 5.95. The zero-order chi connectivity index (χ0) is 16.2. The largest absolute Gasteiger partial charge is 0.493 e. The average molecular weight is 313 g/mol. The highest BCUT2D eigenvalue weighted by Crippen LogP contribution is 2.26.